The molecule has 3 heterocycles. The van der Waals surface area contributed by atoms with Gasteiger partial charge in [-0.3, -0.25) is 14.5 Å². The van der Waals surface area contributed by atoms with E-state index < -0.39 is 6.04 Å². The monoisotopic (exact) mass is 426 g/mol. The van der Waals surface area contributed by atoms with E-state index in [1.165, 1.54) is 0 Å². The number of aryl methyl sites for hydroxylation is 2. The first-order chi connectivity index (χ1) is 15.6. The SMILES string of the molecule is Cc1ccc(CCN[C@@H](C(=O)Nc2ccc(-c3cnn(C)c3)cn2)c2ccccc2)nc1. The van der Waals surface area contributed by atoms with Crippen molar-refractivity contribution < 1.29 is 4.79 Å². The summed E-state index contributed by atoms with van der Waals surface area (Å²) < 4.78 is 1.74. The zero-order chi connectivity index (χ0) is 22.3. The first-order valence-corrected chi connectivity index (χ1v) is 10.5. The van der Waals surface area contributed by atoms with Crippen molar-refractivity contribution >= 4 is 11.7 Å². The van der Waals surface area contributed by atoms with Crippen LogP contribution < -0.4 is 10.6 Å². The number of aromatic nitrogens is 4. The van der Waals surface area contributed by atoms with Gasteiger partial charge >= 0.3 is 0 Å². The Morgan fingerprint density at radius 3 is 2.47 bits per heavy atom. The standard InChI is InChI=1S/C25H26N6O/c1-18-8-10-22(27-14-18)12-13-26-24(19-6-4-3-5-7-19)25(32)30-23-11-9-20(15-28-23)21-16-29-31(2)17-21/h3-11,14-17,24,26H,12-13H2,1-2H3,(H,28,30,32)/t24-/m1/s1. The molecule has 0 aliphatic carbocycles. The summed E-state index contributed by atoms with van der Waals surface area (Å²) in [6, 6.07) is 17.0. The van der Waals surface area contributed by atoms with E-state index in [4.69, 9.17) is 0 Å². The van der Waals surface area contributed by atoms with Crippen LogP contribution in [0.25, 0.3) is 11.1 Å². The van der Waals surface area contributed by atoms with E-state index in [1.54, 1.807) is 23.1 Å². The number of anilines is 1. The summed E-state index contributed by atoms with van der Waals surface area (Å²) in [5, 5.41) is 10.5. The molecule has 0 saturated carbocycles. The molecule has 1 aromatic carbocycles. The Kier molecular flexibility index (Phi) is 6.67. The minimum atomic E-state index is -0.499. The van der Waals surface area contributed by atoms with Gasteiger partial charge in [-0.25, -0.2) is 4.98 Å². The van der Waals surface area contributed by atoms with Crippen molar-refractivity contribution in [2.45, 2.75) is 19.4 Å². The molecule has 2 N–H and O–H groups in total. The predicted octanol–water partition coefficient (Wildman–Crippen LogP) is 3.70. The summed E-state index contributed by atoms with van der Waals surface area (Å²) in [6.45, 7) is 2.64. The number of carbonyl (C=O) groups excluding carboxylic acids is 1. The maximum Gasteiger partial charge on any atom is 0.247 e. The summed E-state index contributed by atoms with van der Waals surface area (Å²) in [4.78, 5) is 22.0. The minimum absolute atomic E-state index is 0.158. The van der Waals surface area contributed by atoms with Gasteiger partial charge in [0.05, 0.1) is 6.20 Å². The summed E-state index contributed by atoms with van der Waals surface area (Å²) in [6.07, 6.45) is 8.04. The van der Waals surface area contributed by atoms with Gasteiger partial charge in [-0.05, 0) is 36.2 Å². The van der Waals surface area contributed by atoms with Crippen LogP contribution in [0.4, 0.5) is 5.82 Å². The van der Waals surface area contributed by atoms with Crippen LogP contribution in [0.1, 0.15) is 22.9 Å². The zero-order valence-corrected chi connectivity index (χ0v) is 18.2. The Hall–Kier alpha value is -3.84. The Morgan fingerprint density at radius 2 is 1.81 bits per heavy atom. The van der Waals surface area contributed by atoms with Crippen LogP contribution in [-0.4, -0.2) is 32.2 Å². The van der Waals surface area contributed by atoms with Crippen molar-refractivity contribution in [2.24, 2.45) is 7.05 Å². The predicted molar refractivity (Wildman–Crippen MR) is 125 cm³/mol. The van der Waals surface area contributed by atoms with E-state index in [2.05, 4.69) is 25.7 Å². The van der Waals surface area contributed by atoms with Gasteiger partial charge in [0.1, 0.15) is 11.9 Å². The molecule has 0 saturated heterocycles. The second-order valence-electron chi connectivity index (χ2n) is 7.70. The topological polar surface area (TPSA) is 84.7 Å². The number of benzene rings is 1. The molecule has 7 heteroatoms. The highest BCUT2D eigenvalue weighted by Gasteiger charge is 2.20. The molecule has 32 heavy (non-hydrogen) atoms. The number of hydrogen-bond acceptors (Lipinski definition) is 5. The first-order valence-electron chi connectivity index (χ1n) is 10.5. The largest absolute Gasteiger partial charge is 0.309 e. The second-order valence-corrected chi connectivity index (χ2v) is 7.70. The lowest BCUT2D eigenvalue weighted by Gasteiger charge is -2.19. The van der Waals surface area contributed by atoms with Gasteiger partial charge in [0.25, 0.3) is 0 Å². The molecule has 0 aliphatic rings. The Labute approximate surface area is 187 Å². The van der Waals surface area contributed by atoms with Crippen molar-refractivity contribution in [1.29, 1.82) is 0 Å². The van der Waals surface area contributed by atoms with E-state index in [1.807, 2.05) is 74.9 Å². The molecule has 4 aromatic rings. The highest BCUT2D eigenvalue weighted by Crippen LogP contribution is 2.20. The molecular formula is C25H26N6O. The van der Waals surface area contributed by atoms with Crippen molar-refractivity contribution in [2.75, 3.05) is 11.9 Å². The summed E-state index contributed by atoms with van der Waals surface area (Å²) >= 11 is 0. The molecule has 162 valence electrons. The minimum Gasteiger partial charge on any atom is -0.309 e. The molecule has 0 fully saturated rings. The fourth-order valence-corrected chi connectivity index (χ4v) is 3.41. The van der Waals surface area contributed by atoms with Crippen LogP contribution in [0.15, 0.2) is 79.4 Å². The summed E-state index contributed by atoms with van der Waals surface area (Å²) in [5.41, 5.74) is 4.94. The number of nitrogens with one attached hydrogen (secondary N) is 2. The van der Waals surface area contributed by atoms with Crippen molar-refractivity contribution in [3.8, 4) is 11.1 Å². The van der Waals surface area contributed by atoms with Gasteiger partial charge in [0.2, 0.25) is 5.91 Å². The lowest BCUT2D eigenvalue weighted by molar-refractivity contribution is -0.118. The number of rotatable bonds is 8. The lowest BCUT2D eigenvalue weighted by atomic mass is 10.1. The Balaban J connectivity index is 1.43. The third-order valence-electron chi connectivity index (χ3n) is 5.15. The van der Waals surface area contributed by atoms with Crippen molar-refractivity contribution in [3.05, 3.63) is 96.2 Å². The second kappa shape index (κ2) is 9.98. The van der Waals surface area contributed by atoms with E-state index in [0.29, 0.717) is 12.4 Å². The van der Waals surface area contributed by atoms with Crippen LogP contribution in [0.3, 0.4) is 0 Å². The number of hydrogen-bond donors (Lipinski definition) is 2. The molecule has 1 amide bonds. The van der Waals surface area contributed by atoms with Crippen LogP contribution >= 0.6 is 0 Å². The highest BCUT2D eigenvalue weighted by atomic mass is 16.2. The van der Waals surface area contributed by atoms with E-state index in [-0.39, 0.29) is 5.91 Å². The van der Waals surface area contributed by atoms with Gasteiger partial charge in [0.15, 0.2) is 0 Å². The van der Waals surface area contributed by atoms with Gasteiger partial charge in [0, 0.05) is 55.4 Å². The molecular weight excluding hydrogens is 400 g/mol. The zero-order valence-electron chi connectivity index (χ0n) is 18.2. The fourth-order valence-electron chi connectivity index (χ4n) is 3.41. The Bertz CT molecular complexity index is 1150. The number of nitrogens with zero attached hydrogens (tertiary/aromatic N) is 4. The molecule has 0 bridgehead atoms. The van der Waals surface area contributed by atoms with Crippen LogP contribution in [0.5, 0.6) is 0 Å². The molecule has 0 spiro atoms. The number of amides is 1. The number of carbonyl (C=O) groups is 1. The number of pyridine rings is 2. The average Bonchev–Trinajstić information content (AvgIpc) is 3.25. The van der Waals surface area contributed by atoms with Gasteiger partial charge in [-0.15, -0.1) is 0 Å². The first kappa shape index (κ1) is 21.4. The van der Waals surface area contributed by atoms with Crippen LogP contribution in [-0.2, 0) is 18.3 Å². The maximum atomic E-state index is 13.1. The van der Waals surface area contributed by atoms with Gasteiger partial charge in [-0.2, -0.15) is 5.10 Å². The van der Waals surface area contributed by atoms with Gasteiger partial charge in [-0.1, -0.05) is 36.4 Å². The molecule has 1 atom stereocenters. The molecule has 4 rings (SSSR count). The smallest absolute Gasteiger partial charge is 0.247 e. The van der Waals surface area contributed by atoms with E-state index in [9.17, 15) is 4.79 Å². The lowest BCUT2D eigenvalue weighted by Crippen LogP contribution is -2.34. The van der Waals surface area contributed by atoms with E-state index >= 15 is 0 Å². The van der Waals surface area contributed by atoms with Gasteiger partial charge < -0.3 is 10.6 Å². The molecule has 0 unspecified atom stereocenters. The van der Waals surface area contributed by atoms with Crippen molar-refractivity contribution in [3.63, 3.8) is 0 Å². The summed E-state index contributed by atoms with van der Waals surface area (Å²) in [5.74, 6) is 0.347. The fraction of sp³-hybridized carbons (Fsp3) is 0.200. The summed E-state index contributed by atoms with van der Waals surface area (Å²) in [7, 11) is 1.87. The normalized spacial score (nSPS) is 11.8. The third kappa shape index (κ3) is 5.44. The third-order valence-corrected chi connectivity index (χ3v) is 5.15. The Morgan fingerprint density at radius 1 is 0.969 bits per heavy atom. The molecule has 3 aromatic heterocycles. The average molecular weight is 427 g/mol. The van der Waals surface area contributed by atoms with Crippen LogP contribution in [0, 0.1) is 6.92 Å². The highest BCUT2D eigenvalue weighted by molar-refractivity contribution is 5.94. The molecule has 0 aliphatic heterocycles. The molecule has 7 nitrogen and oxygen atoms in total. The quantitative estimate of drug-likeness (QED) is 0.449. The molecule has 0 radical (unpaired) electrons. The van der Waals surface area contributed by atoms with Crippen molar-refractivity contribution in [1.82, 2.24) is 25.1 Å². The van der Waals surface area contributed by atoms with Crippen LogP contribution in [0.2, 0.25) is 0 Å². The van der Waals surface area contributed by atoms with E-state index in [0.717, 1.165) is 34.4 Å². The maximum absolute atomic E-state index is 13.1.